The van der Waals surface area contributed by atoms with E-state index in [-0.39, 0.29) is 4.90 Å². The Morgan fingerprint density at radius 3 is 2.56 bits per heavy atom. The fourth-order valence-electron chi connectivity index (χ4n) is 1.58. The van der Waals surface area contributed by atoms with E-state index in [0.29, 0.717) is 31.8 Å². The molecule has 0 saturated heterocycles. The third-order valence-corrected chi connectivity index (χ3v) is 3.40. The Bertz CT molecular complexity index is 481. The van der Waals surface area contributed by atoms with Gasteiger partial charge >= 0.3 is 0 Å². The fraction of sp³-hybridized carbons (Fsp3) is 0.500. The van der Waals surface area contributed by atoms with E-state index in [1.165, 1.54) is 6.07 Å². The molecule has 1 aromatic rings. The van der Waals surface area contributed by atoms with Crippen molar-refractivity contribution in [3.05, 3.63) is 29.3 Å². The fourth-order valence-corrected chi connectivity index (χ4v) is 2.31. The van der Waals surface area contributed by atoms with E-state index in [1.807, 2.05) is 6.92 Å². The first kappa shape index (κ1) is 15.1. The molecule has 1 rings (SSSR count). The van der Waals surface area contributed by atoms with E-state index in [0.717, 1.165) is 5.56 Å². The molecule has 5 nitrogen and oxygen atoms in total. The van der Waals surface area contributed by atoms with Crippen molar-refractivity contribution in [3.63, 3.8) is 0 Å². The predicted octanol–water partition coefficient (Wildman–Crippen LogP) is 1.45. The molecular weight excluding hydrogens is 256 g/mol. The summed E-state index contributed by atoms with van der Waals surface area (Å²) < 4.78 is 41.6. The van der Waals surface area contributed by atoms with Crippen molar-refractivity contribution in [2.75, 3.05) is 26.9 Å². The Kier molecular flexibility index (Phi) is 5.74. The maximum Gasteiger partial charge on any atom is 0.294 e. The molecule has 6 heteroatoms. The highest BCUT2D eigenvalue weighted by Gasteiger charge is 2.14. The molecule has 0 aliphatic carbocycles. The molecular formula is C12H18O5S. The second kappa shape index (κ2) is 6.84. The number of methoxy groups -OCH3 is 1. The van der Waals surface area contributed by atoms with Gasteiger partial charge in [0.2, 0.25) is 0 Å². The van der Waals surface area contributed by atoms with Gasteiger partial charge in [0.1, 0.15) is 0 Å². The maximum absolute atomic E-state index is 11.2. The molecule has 0 bridgehead atoms. The largest absolute Gasteiger partial charge is 0.382 e. The molecule has 0 aromatic heterocycles. The van der Waals surface area contributed by atoms with E-state index in [1.54, 1.807) is 19.2 Å². The lowest BCUT2D eigenvalue weighted by atomic mass is 10.1. The smallest absolute Gasteiger partial charge is 0.294 e. The van der Waals surface area contributed by atoms with Gasteiger partial charge in [-0.15, -0.1) is 0 Å². The average molecular weight is 274 g/mol. The third kappa shape index (κ3) is 4.73. The lowest BCUT2D eigenvalue weighted by Crippen LogP contribution is -2.08. The minimum atomic E-state index is -4.18. The number of benzene rings is 1. The first-order valence-corrected chi connectivity index (χ1v) is 7.03. The zero-order valence-corrected chi connectivity index (χ0v) is 11.4. The summed E-state index contributed by atoms with van der Waals surface area (Å²) in [5.41, 5.74) is 1.50. The summed E-state index contributed by atoms with van der Waals surface area (Å²) in [6, 6.07) is 4.80. The van der Waals surface area contributed by atoms with Gasteiger partial charge < -0.3 is 9.47 Å². The molecule has 0 unspecified atom stereocenters. The quantitative estimate of drug-likeness (QED) is 0.602. The molecule has 0 fully saturated rings. The molecule has 18 heavy (non-hydrogen) atoms. The lowest BCUT2D eigenvalue weighted by molar-refractivity contribution is 0.0720. The van der Waals surface area contributed by atoms with Gasteiger partial charge in [0.15, 0.2) is 0 Å². The topological polar surface area (TPSA) is 72.8 Å². The summed E-state index contributed by atoms with van der Waals surface area (Å²) >= 11 is 0. The minimum Gasteiger partial charge on any atom is -0.382 e. The zero-order valence-electron chi connectivity index (χ0n) is 10.5. The minimum absolute atomic E-state index is 0.0524. The predicted molar refractivity (Wildman–Crippen MR) is 67.4 cm³/mol. The SMILES string of the molecule is COCCOCCc1cc(C)ccc1S(=O)(=O)O. The van der Waals surface area contributed by atoms with Gasteiger partial charge in [-0.2, -0.15) is 8.42 Å². The molecule has 0 saturated carbocycles. The Hall–Kier alpha value is -0.950. The van der Waals surface area contributed by atoms with Crippen molar-refractivity contribution >= 4 is 10.1 Å². The van der Waals surface area contributed by atoms with Crippen LogP contribution in [0.1, 0.15) is 11.1 Å². The van der Waals surface area contributed by atoms with Crippen molar-refractivity contribution in [3.8, 4) is 0 Å². The van der Waals surface area contributed by atoms with E-state index >= 15 is 0 Å². The van der Waals surface area contributed by atoms with Gasteiger partial charge in [0, 0.05) is 7.11 Å². The van der Waals surface area contributed by atoms with Gasteiger partial charge in [-0.3, -0.25) is 4.55 Å². The van der Waals surface area contributed by atoms with Crippen LogP contribution in [0.3, 0.4) is 0 Å². The van der Waals surface area contributed by atoms with Crippen molar-refractivity contribution in [2.45, 2.75) is 18.2 Å². The van der Waals surface area contributed by atoms with Crippen LogP contribution in [0.2, 0.25) is 0 Å². The molecule has 0 aliphatic heterocycles. The zero-order chi connectivity index (χ0) is 13.6. The van der Waals surface area contributed by atoms with Gasteiger partial charge in [-0.05, 0) is 25.0 Å². The Labute approximate surface area is 107 Å². The lowest BCUT2D eigenvalue weighted by Gasteiger charge is -2.09. The molecule has 0 heterocycles. The number of hydrogen-bond donors (Lipinski definition) is 1. The number of aryl methyl sites for hydroxylation is 1. The Balaban J connectivity index is 2.72. The van der Waals surface area contributed by atoms with Gasteiger partial charge in [-0.1, -0.05) is 17.7 Å². The van der Waals surface area contributed by atoms with E-state index in [9.17, 15) is 8.42 Å². The van der Waals surface area contributed by atoms with Crippen LogP contribution in [0, 0.1) is 6.92 Å². The Morgan fingerprint density at radius 1 is 1.22 bits per heavy atom. The molecule has 0 aliphatic rings. The van der Waals surface area contributed by atoms with E-state index in [4.69, 9.17) is 14.0 Å². The number of hydrogen-bond acceptors (Lipinski definition) is 4. The first-order valence-electron chi connectivity index (χ1n) is 5.59. The summed E-state index contributed by atoms with van der Waals surface area (Å²) in [5, 5.41) is 0. The highest BCUT2D eigenvalue weighted by Crippen LogP contribution is 2.17. The van der Waals surface area contributed by atoms with Crippen molar-refractivity contribution in [1.29, 1.82) is 0 Å². The number of rotatable bonds is 7. The summed E-state index contributed by atoms with van der Waals surface area (Å²) in [6.45, 7) is 3.21. The van der Waals surface area contributed by atoms with Gasteiger partial charge in [0.05, 0.1) is 24.7 Å². The molecule has 102 valence electrons. The van der Waals surface area contributed by atoms with Crippen LogP contribution in [0.15, 0.2) is 23.1 Å². The maximum atomic E-state index is 11.2. The van der Waals surface area contributed by atoms with Crippen molar-refractivity contribution in [2.24, 2.45) is 0 Å². The third-order valence-electron chi connectivity index (χ3n) is 2.44. The van der Waals surface area contributed by atoms with Crippen LogP contribution in [-0.2, 0) is 26.0 Å². The molecule has 1 N–H and O–H groups in total. The van der Waals surface area contributed by atoms with Gasteiger partial charge in [0.25, 0.3) is 10.1 Å². The molecule has 0 radical (unpaired) electrons. The Morgan fingerprint density at radius 2 is 1.94 bits per heavy atom. The van der Waals surface area contributed by atoms with Crippen LogP contribution in [-0.4, -0.2) is 39.9 Å². The van der Waals surface area contributed by atoms with Crippen LogP contribution >= 0.6 is 0 Å². The molecule has 0 atom stereocenters. The number of ether oxygens (including phenoxy) is 2. The summed E-state index contributed by atoms with van der Waals surface area (Å²) in [7, 11) is -2.59. The molecule has 1 aromatic carbocycles. The molecule has 0 spiro atoms. The highest BCUT2D eigenvalue weighted by molar-refractivity contribution is 7.85. The van der Waals surface area contributed by atoms with Crippen molar-refractivity contribution in [1.82, 2.24) is 0 Å². The van der Waals surface area contributed by atoms with Gasteiger partial charge in [-0.25, -0.2) is 0 Å². The summed E-state index contributed by atoms with van der Waals surface area (Å²) in [5.74, 6) is 0. The standard InChI is InChI=1S/C12H18O5S/c1-10-3-4-12(18(13,14)15)11(9-10)5-6-17-8-7-16-2/h3-4,9H,5-8H2,1-2H3,(H,13,14,15). The van der Waals surface area contributed by atoms with Crippen LogP contribution < -0.4 is 0 Å². The normalized spacial score (nSPS) is 11.7. The first-order chi connectivity index (χ1) is 8.45. The second-order valence-corrected chi connectivity index (χ2v) is 5.33. The monoisotopic (exact) mass is 274 g/mol. The average Bonchev–Trinajstić information content (AvgIpc) is 2.27. The highest BCUT2D eigenvalue weighted by atomic mass is 32.2. The van der Waals surface area contributed by atoms with E-state index < -0.39 is 10.1 Å². The van der Waals surface area contributed by atoms with Crippen LogP contribution in [0.4, 0.5) is 0 Å². The van der Waals surface area contributed by atoms with Crippen LogP contribution in [0.5, 0.6) is 0 Å². The van der Waals surface area contributed by atoms with E-state index in [2.05, 4.69) is 0 Å². The van der Waals surface area contributed by atoms with Crippen molar-refractivity contribution < 1.29 is 22.4 Å². The molecule has 0 amide bonds. The summed E-state index contributed by atoms with van der Waals surface area (Å²) in [6.07, 6.45) is 0.431. The summed E-state index contributed by atoms with van der Waals surface area (Å²) in [4.78, 5) is -0.0524. The second-order valence-electron chi connectivity index (χ2n) is 3.94. The van der Waals surface area contributed by atoms with Crippen LogP contribution in [0.25, 0.3) is 0 Å².